The number of hydrogen-bond donors (Lipinski definition) is 0. The van der Waals surface area contributed by atoms with E-state index in [0.717, 1.165) is 6.42 Å². The Morgan fingerprint density at radius 2 is 1.86 bits per heavy atom. The van der Waals surface area contributed by atoms with Crippen LogP contribution in [0.3, 0.4) is 0 Å². The van der Waals surface area contributed by atoms with Crippen LogP contribution < -0.4 is 0 Å². The van der Waals surface area contributed by atoms with Gasteiger partial charge < -0.3 is 4.74 Å². The lowest BCUT2D eigenvalue weighted by atomic mass is 10.2. The molecule has 0 aliphatic rings. The van der Waals surface area contributed by atoms with Crippen molar-refractivity contribution in [3.63, 3.8) is 0 Å². The van der Waals surface area contributed by atoms with Crippen LogP contribution in [0.25, 0.3) is 0 Å². The molecule has 2 nitrogen and oxygen atoms in total. The zero-order valence-electron chi connectivity index (χ0n) is 8.50. The summed E-state index contributed by atoms with van der Waals surface area (Å²) in [6.07, 6.45) is 2.33. The van der Waals surface area contributed by atoms with Crippen molar-refractivity contribution in [1.29, 1.82) is 0 Å². The number of ether oxygens (including phenoxy) is 1. The molecule has 0 radical (unpaired) electrons. The molecule has 0 unspecified atom stereocenters. The lowest BCUT2D eigenvalue weighted by Crippen LogP contribution is -2.05. The van der Waals surface area contributed by atoms with E-state index in [1.807, 2.05) is 25.1 Å². The van der Waals surface area contributed by atoms with Gasteiger partial charge in [-0.15, -0.1) is 11.6 Å². The summed E-state index contributed by atoms with van der Waals surface area (Å²) >= 11 is 4.64. The highest BCUT2D eigenvalue weighted by Crippen LogP contribution is 2.00. The molecule has 14 heavy (non-hydrogen) atoms. The van der Waals surface area contributed by atoms with Crippen molar-refractivity contribution in [2.24, 2.45) is 0 Å². The number of hydrogen-bond acceptors (Lipinski definition) is 2. The Balaban J connectivity index is 0.000000791. The third kappa shape index (κ3) is 4.87. The normalized spacial score (nSPS) is 8.50. The molecule has 1 aromatic carbocycles. The number of rotatable bonds is 3. The molecule has 1 rings (SSSR count). The van der Waals surface area contributed by atoms with E-state index in [1.54, 1.807) is 12.1 Å². The van der Waals surface area contributed by atoms with Gasteiger partial charge in [0.25, 0.3) is 0 Å². The maximum absolute atomic E-state index is 11.2. The highest BCUT2D eigenvalue weighted by Gasteiger charge is 2.03. The van der Waals surface area contributed by atoms with Gasteiger partial charge in [-0.2, -0.15) is 0 Å². The zero-order valence-corrected chi connectivity index (χ0v) is 9.25. The number of carbonyl (C=O) groups is 1. The molecule has 0 atom stereocenters. The summed E-state index contributed by atoms with van der Waals surface area (Å²) in [5, 5.41) is 0. The van der Waals surface area contributed by atoms with Crippen molar-refractivity contribution in [2.45, 2.75) is 13.3 Å². The van der Waals surface area contributed by atoms with Crippen LogP contribution in [0.1, 0.15) is 23.7 Å². The third-order valence-corrected chi connectivity index (χ3v) is 1.45. The summed E-state index contributed by atoms with van der Waals surface area (Å²) in [7, 11) is 0. The second-order valence-electron chi connectivity index (χ2n) is 2.50. The van der Waals surface area contributed by atoms with Crippen LogP contribution >= 0.6 is 11.6 Å². The minimum Gasteiger partial charge on any atom is -0.462 e. The lowest BCUT2D eigenvalue weighted by molar-refractivity contribution is 0.0505. The Morgan fingerprint density at radius 1 is 1.29 bits per heavy atom. The minimum absolute atomic E-state index is 0.238. The smallest absolute Gasteiger partial charge is 0.338 e. The van der Waals surface area contributed by atoms with Crippen molar-refractivity contribution < 1.29 is 9.53 Å². The van der Waals surface area contributed by atoms with Crippen LogP contribution in [0, 0.1) is 0 Å². The van der Waals surface area contributed by atoms with Gasteiger partial charge in [0.05, 0.1) is 12.2 Å². The Hall–Kier alpha value is -1.02. The Kier molecular flexibility index (Phi) is 7.95. The Labute approximate surface area is 89.8 Å². The molecule has 0 N–H and O–H groups in total. The predicted molar refractivity (Wildman–Crippen MR) is 58.8 cm³/mol. The largest absolute Gasteiger partial charge is 0.462 e. The van der Waals surface area contributed by atoms with Crippen LogP contribution in [0.15, 0.2) is 30.3 Å². The first-order chi connectivity index (χ1) is 6.84. The molecule has 0 aromatic heterocycles. The fraction of sp³-hybridized carbons (Fsp3) is 0.364. The molecule has 0 aliphatic carbocycles. The van der Waals surface area contributed by atoms with Crippen LogP contribution in [0.5, 0.6) is 0 Å². The molecule has 0 bridgehead atoms. The summed E-state index contributed by atoms with van der Waals surface area (Å²) in [5.74, 6) is -0.238. The lowest BCUT2D eigenvalue weighted by Gasteiger charge is -2.01. The zero-order chi connectivity index (χ0) is 10.8. The first-order valence-corrected chi connectivity index (χ1v) is 5.20. The van der Waals surface area contributed by atoms with Gasteiger partial charge in [0.15, 0.2) is 0 Å². The van der Waals surface area contributed by atoms with Gasteiger partial charge in [-0.25, -0.2) is 4.79 Å². The van der Waals surface area contributed by atoms with Crippen LogP contribution in [-0.4, -0.2) is 19.0 Å². The molecular formula is C11H15ClO2. The molecular weight excluding hydrogens is 200 g/mol. The number of esters is 1. The number of benzene rings is 1. The highest BCUT2D eigenvalue weighted by atomic mass is 35.5. The van der Waals surface area contributed by atoms with E-state index in [4.69, 9.17) is 4.74 Å². The predicted octanol–water partition coefficient (Wildman–Crippen LogP) is 3.11. The monoisotopic (exact) mass is 214 g/mol. The van der Waals surface area contributed by atoms with Crippen LogP contribution in [0.2, 0.25) is 0 Å². The van der Waals surface area contributed by atoms with Crippen LogP contribution in [0.4, 0.5) is 0 Å². The van der Waals surface area contributed by atoms with Crippen molar-refractivity contribution in [1.82, 2.24) is 0 Å². The van der Waals surface area contributed by atoms with E-state index < -0.39 is 0 Å². The summed E-state index contributed by atoms with van der Waals surface area (Å²) in [6, 6.07) is 9.01. The van der Waals surface area contributed by atoms with Crippen LogP contribution in [-0.2, 0) is 4.74 Å². The fourth-order valence-electron chi connectivity index (χ4n) is 0.852. The van der Waals surface area contributed by atoms with Gasteiger partial charge in [0.2, 0.25) is 0 Å². The van der Waals surface area contributed by atoms with E-state index in [1.165, 1.54) is 6.38 Å². The quantitative estimate of drug-likeness (QED) is 0.571. The number of alkyl halides is 1. The molecule has 0 saturated carbocycles. The summed E-state index contributed by atoms with van der Waals surface area (Å²) < 4.78 is 4.94. The van der Waals surface area contributed by atoms with E-state index in [9.17, 15) is 4.79 Å². The maximum atomic E-state index is 11.2. The van der Waals surface area contributed by atoms with E-state index in [-0.39, 0.29) is 5.97 Å². The standard InChI is InChI=1S/C10H12O2.CH3Cl/c1-2-8-12-10(11)9-6-4-3-5-7-9;1-2/h3-7H,2,8H2,1H3;1H3. The fourth-order valence-corrected chi connectivity index (χ4v) is 0.852. The average Bonchev–Trinajstić information content (AvgIpc) is 2.30. The van der Waals surface area contributed by atoms with Gasteiger partial charge in [0.1, 0.15) is 0 Å². The maximum Gasteiger partial charge on any atom is 0.338 e. The van der Waals surface area contributed by atoms with Crippen molar-refractivity contribution >= 4 is 17.6 Å². The van der Waals surface area contributed by atoms with Gasteiger partial charge in [0, 0.05) is 6.38 Å². The molecule has 0 spiro atoms. The average molecular weight is 215 g/mol. The Bertz CT molecular complexity index is 247. The molecule has 78 valence electrons. The van der Waals surface area contributed by atoms with Gasteiger partial charge in [-0.05, 0) is 18.6 Å². The minimum atomic E-state index is -0.238. The highest BCUT2D eigenvalue weighted by molar-refractivity contribution is 6.15. The van der Waals surface area contributed by atoms with Gasteiger partial charge in [-0.3, -0.25) is 0 Å². The summed E-state index contributed by atoms with van der Waals surface area (Å²) in [4.78, 5) is 11.2. The molecule has 0 heterocycles. The molecule has 0 fully saturated rings. The summed E-state index contributed by atoms with van der Waals surface area (Å²) in [5.41, 5.74) is 0.617. The molecule has 3 heteroatoms. The molecule has 0 saturated heterocycles. The topological polar surface area (TPSA) is 26.3 Å². The number of carbonyl (C=O) groups excluding carboxylic acids is 1. The van der Waals surface area contributed by atoms with E-state index in [2.05, 4.69) is 11.6 Å². The summed E-state index contributed by atoms with van der Waals surface area (Å²) in [6.45, 7) is 2.46. The first-order valence-electron chi connectivity index (χ1n) is 4.44. The molecule has 0 aliphatic heterocycles. The van der Waals surface area contributed by atoms with E-state index in [0.29, 0.717) is 12.2 Å². The van der Waals surface area contributed by atoms with Gasteiger partial charge in [-0.1, -0.05) is 25.1 Å². The SMILES string of the molecule is CCCOC(=O)c1ccccc1.CCl. The Morgan fingerprint density at radius 3 is 2.36 bits per heavy atom. The molecule has 1 aromatic rings. The second kappa shape index (κ2) is 8.57. The van der Waals surface area contributed by atoms with Crippen molar-refractivity contribution in [3.05, 3.63) is 35.9 Å². The first kappa shape index (κ1) is 13.0. The van der Waals surface area contributed by atoms with E-state index >= 15 is 0 Å². The second-order valence-corrected chi connectivity index (χ2v) is 2.50. The van der Waals surface area contributed by atoms with Crippen molar-refractivity contribution in [2.75, 3.05) is 13.0 Å². The molecule has 0 amide bonds. The third-order valence-electron chi connectivity index (χ3n) is 1.45. The number of halogens is 1. The van der Waals surface area contributed by atoms with Gasteiger partial charge >= 0.3 is 5.97 Å². The van der Waals surface area contributed by atoms with Crippen molar-refractivity contribution in [3.8, 4) is 0 Å².